The van der Waals surface area contributed by atoms with Crippen molar-refractivity contribution in [2.45, 2.75) is 12.8 Å². The number of rotatable bonds is 4. The normalized spacial score (nSPS) is 17.0. The van der Waals surface area contributed by atoms with Crippen LogP contribution in [0.5, 0.6) is 0 Å². The van der Waals surface area contributed by atoms with Crippen LogP contribution >= 0.6 is 11.3 Å². The highest BCUT2D eigenvalue weighted by Gasteiger charge is 2.20. The summed E-state index contributed by atoms with van der Waals surface area (Å²) in [5.41, 5.74) is 2.71. The standard InChI is InChI=1S/C19H26N4S/c1-16(17-8-13-24-15-17)14-21-19(20-2)23-11-9-22(10-12-23)18-6-4-3-5-7-18/h3-8,13,15-16H,9-12,14H2,1-2H3,(H,20,21). The van der Waals surface area contributed by atoms with Gasteiger partial charge in [0.25, 0.3) is 0 Å². The number of hydrogen-bond donors (Lipinski definition) is 1. The topological polar surface area (TPSA) is 30.9 Å². The lowest BCUT2D eigenvalue weighted by atomic mass is 10.1. The van der Waals surface area contributed by atoms with Gasteiger partial charge in [-0.25, -0.2) is 0 Å². The molecule has 3 rings (SSSR count). The number of nitrogens with one attached hydrogen (secondary N) is 1. The summed E-state index contributed by atoms with van der Waals surface area (Å²) in [5.74, 6) is 1.52. The number of hydrogen-bond acceptors (Lipinski definition) is 3. The Morgan fingerprint density at radius 1 is 1.17 bits per heavy atom. The molecule has 0 aliphatic carbocycles. The first-order valence-corrected chi connectivity index (χ1v) is 9.50. The fraction of sp³-hybridized carbons (Fsp3) is 0.421. The van der Waals surface area contributed by atoms with Crippen LogP contribution in [0.3, 0.4) is 0 Å². The molecular weight excluding hydrogens is 316 g/mol. The Labute approximate surface area is 148 Å². The van der Waals surface area contributed by atoms with Crippen LogP contribution in [-0.4, -0.2) is 50.6 Å². The van der Waals surface area contributed by atoms with Gasteiger partial charge >= 0.3 is 0 Å². The number of thiophene rings is 1. The van der Waals surface area contributed by atoms with Gasteiger partial charge in [0.05, 0.1) is 0 Å². The summed E-state index contributed by atoms with van der Waals surface area (Å²) in [6.45, 7) is 7.25. The van der Waals surface area contributed by atoms with E-state index in [1.54, 1.807) is 11.3 Å². The van der Waals surface area contributed by atoms with Crippen LogP contribution in [0.15, 0.2) is 52.2 Å². The average molecular weight is 343 g/mol. The van der Waals surface area contributed by atoms with Gasteiger partial charge in [-0.1, -0.05) is 25.1 Å². The first-order valence-electron chi connectivity index (χ1n) is 8.55. The van der Waals surface area contributed by atoms with E-state index in [1.807, 2.05) is 7.05 Å². The molecule has 1 aromatic heterocycles. The second kappa shape index (κ2) is 8.20. The van der Waals surface area contributed by atoms with Gasteiger partial charge in [0, 0.05) is 45.5 Å². The largest absolute Gasteiger partial charge is 0.368 e. The predicted molar refractivity (Wildman–Crippen MR) is 104 cm³/mol. The maximum absolute atomic E-state index is 4.48. The third-order valence-electron chi connectivity index (χ3n) is 4.59. The predicted octanol–water partition coefficient (Wildman–Crippen LogP) is 3.25. The molecule has 1 unspecified atom stereocenters. The zero-order chi connectivity index (χ0) is 16.8. The molecule has 2 aromatic rings. The molecule has 0 radical (unpaired) electrons. The third kappa shape index (κ3) is 4.09. The lowest BCUT2D eigenvalue weighted by molar-refractivity contribution is 0.372. The van der Waals surface area contributed by atoms with Crippen LogP contribution < -0.4 is 10.2 Å². The summed E-state index contributed by atoms with van der Waals surface area (Å²) in [5, 5.41) is 7.92. The number of guanidine groups is 1. The Bertz CT molecular complexity index is 631. The quantitative estimate of drug-likeness (QED) is 0.683. The second-order valence-corrected chi connectivity index (χ2v) is 6.98. The van der Waals surface area contributed by atoms with Crippen LogP contribution in [-0.2, 0) is 0 Å². The zero-order valence-electron chi connectivity index (χ0n) is 14.5. The van der Waals surface area contributed by atoms with Gasteiger partial charge in [0.15, 0.2) is 5.96 Å². The first kappa shape index (κ1) is 16.8. The number of nitrogens with zero attached hydrogens (tertiary/aromatic N) is 3. The summed E-state index contributed by atoms with van der Waals surface area (Å²) in [6, 6.07) is 12.9. The molecule has 1 atom stereocenters. The number of aliphatic imine (C=N–C) groups is 1. The Balaban J connectivity index is 1.50. The molecule has 1 aliphatic heterocycles. The third-order valence-corrected chi connectivity index (χ3v) is 5.29. The number of anilines is 1. The Morgan fingerprint density at radius 3 is 2.54 bits per heavy atom. The van der Waals surface area contributed by atoms with Crippen molar-refractivity contribution in [3.8, 4) is 0 Å². The summed E-state index contributed by atoms with van der Waals surface area (Å²) in [7, 11) is 1.88. The van der Waals surface area contributed by atoms with Gasteiger partial charge in [-0.05, 0) is 40.4 Å². The number of benzene rings is 1. The molecule has 2 heterocycles. The molecule has 4 nitrogen and oxygen atoms in total. The summed E-state index contributed by atoms with van der Waals surface area (Å²) >= 11 is 1.76. The average Bonchev–Trinajstić information content (AvgIpc) is 3.18. The van der Waals surface area contributed by atoms with Crippen molar-refractivity contribution >= 4 is 23.0 Å². The van der Waals surface area contributed by atoms with Gasteiger partial charge in [-0.15, -0.1) is 0 Å². The van der Waals surface area contributed by atoms with Crippen molar-refractivity contribution < 1.29 is 0 Å². The summed E-state index contributed by atoms with van der Waals surface area (Å²) in [6.07, 6.45) is 0. The molecule has 1 saturated heterocycles. The number of para-hydroxylation sites is 1. The SMILES string of the molecule is CN=C(NCC(C)c1ccsc1)N1CCN(c2ccccc2)CC1. The van der Waals surface area contributed by atoms with E-state index in [9.17, 15) is 0 Å². The molecular formula is C19H26N4S. The monoisotopic (exact) mass is 342 g/mol. The highest BCUT2D eigenvalue weighted by atomic mass is 32.1. The van der Waals surface area contributed by atoms with E-state index in [-0.39, 0.29) is 0 Å². The molecule has 1 aromatic carbocycles. The minimum absolute atomic E-state index is 0.499. The van der Waals surface area contributed by atoms with Crippen molar-refractivity contribution in [2.75, 3.05) is 44.7 Å². The molecule has 1 aliphatic rings. The molecule has 0 bridgehead atoms. The molecule has 5 heteroatoms. The fourth-order valence-electron chi connectivity index (χ4n) is 3.07. The van der Waals surface area contributed by atoms with E-state index in [1.165, 1.54) is 11.3 Å². The van der Waals surface area contributed by atoms with E-state index in [0.717, 1.165) is 38.7 Å². The van der Waals surface area contributed by atoms with Crippen molar-refractivity contribution in [1.29, 1.82) is 0 Å². The van der Waals surface area contributed by atoms with Gasteiger partial charge in [0.1, 0.15) is 0 Å². The molecule has 1 fully saturated rings. The molecule has 0 amide bonds. The highest BCUT2D eigenvalue weighted by Crippen LogP contribution is 2.18. The molecule has 128 valence electrons. The molecule has 0 saturated carbocycles. The Hall–Kier alpha value is -2.01. The Kier molecular flexibility index (Phi) is 5.75. The van der Waals surface area contributed by atoms with Crippen LogP contribution in [0, 0.1) is 0 Å². The second-order valence-electron chi connectivity index (χ2n) is 6.20. The maximum atomic E-state index is 4.48. The van der Waals surface area contributed by atoms with Crippen molar-refractivity contribution in [2.24, 2.45) is 4.99 Å². The van der Waals surface area contributed by atoms with Crippen LogP contribution in [0.1, 0.15) is 18.4 Å². The lowest BCUT2D eigenvalue weighted by Crippen LogP contribution is -2.53. The minimum Gasteiger partial charge on any atom is -0.368 e. The molecule has 24 heavy (non-hydrogen) atoms. The highest BCUT2D eigenvalue weighted by molar-refractivity contribution is 7.07. The Morgan fingerprint density at radius 2 is 1.92 bits per heavy atom. The van der Waals surface area contributed by atoms with Crippen LogP contribution in [0.2, 0.25) is 0 Å². The number of piperazine rings is 1. The molecule has 0 spiro atoms. The van der Waals surface area contributed by atoms with Crippen molar-refractivity contribution in [1.82, 2.24) is 10.2 Å². The van der Waals surface area contributed by atoms with E-state index < -0.39 is 0 Å². The maximum Gasteiger partial charge on any atom is 0.193 e. The van der Waals surface area contributed by atoms with Gasteiger partial charge in [-0.2, -0.15) is 11.3 Å². The lowest BCUT2D eigenvalue weighted by Gasteiger charge is -2.37. The van der Waals surface area contributed by atoms with Gasteiger partial charge in [-0.3, -0.25) is 4.99 Å². The summed E-state index contributed by atoms with van der Waals surface area (Å²) in [4.78, 5) is 9.28. The van der Waals surface area contributed by atoms with Crippen molar-refractivity contribution in [3.05, 3.63) is 52.7 Å². The molecule has 1 N–H and O–H groups in total. The van der Waals surface area contributed by atoms with E-state index >= 15 is 0 Å². The van der Waals surface area contributed by atoms with Gasteiger partial charge in [0.2, 0.25) is 0 Å². The first-order chi connectivity index (χ1) is 11.8. The fourth-order valence-corrected chi connectivity index (χ4v) is 3.85. The van der Waals surface area contributed by atoms with E-state index in [4.69, 9.17) is 0 Å². The zero-order valence-corrected chi connectivity index (χ0v) is 15.3. The van der Waals surface area contributed by atoms with Crippen LogP contribution in [0.25, 0.3) is 0 Å². The van der Waals surface area contributed by atoms with E-state index in [2.05, 4.69) is 74.2 Å². The summed E-state index contributed by atoms with van der Waals surface area (Å²) < 4.78 is 0. The van der Waals surface area contributed by atoms with E-state index in [0.29, 0.717) is 5.92 Å². The minimum atomic E-state index is 0.499. The van der Waals surface area contributed by atoms with Crippen molar-refractivity contribution in [3.63, 3.8) is 0 Å². The van der Waals surface area contributed by atoms with Crippen LogP contribution in [0.4, 0.5) is 5.69 Å². The smallest absolute Gasteiger partial charge is 0.193 e. The van der Waals surface area contributed by atoms with Gasteiger partial charge < -0.3 is 15.1 Å².